The number of nitrogens with one attached hydrogen (secondary N) is 1. The van der Waals surface area contributed by atoms with Gasteiger partial charge in [-0.3, -0.25) is 4.79 Å². The number of benzene rings is 2. The van der Waals surface area contributed by atoms with Gasteiger partial charge < -0.3 is 9.64 Å². The maximum Gasteiger partial charge on any atom is 0.258 e. The molecule has 3 rings (SSSR count). The molecule has 28 heavy (non-hydrogen) atoms. The summed E-state index contributed by atoms with van der Waals surface area (Å²) in [6, 6.07) is 10.3. The van der Waals surface area contributed by atoms with Crippen molar-refractivity contribution in [3.63, 3.8) is 0 Å². The Labute approximate surface area is 166 Å². The molecule has 150 valence electrons. The van der Waals surface area contributed by atoms with Crippen molar-refractivity contribution in [2.45, 2.75) is 31.6 Å². The highest BCUT2D eigenvalue weighted by Crippen LogP contribution is 2.32. The summed E-state index contributed by atoms with van der Waals surface area (Å²) >= 11 is 0. The number of nitrogens with zero attached hydrogens (tertiary/aromatic N) is 1. The molecule has 1 amide bonds. The van der Waals surface area contributed by atoms with E-state index in [1.165, 1.54) is 30.4 Å². The molecule has 0 aliphatic carbocycles. The van der Waals surface area contributed by atoms with E-state index in [2.05, 4.69) is 23.8 Å². The molecule has 6 nitrogen and oxygen atoms in total. The number of rotatable bonds is 6. The van der Waals surface area contributed by atoms with Crippen LogP contribution in [0.4, 0.5) is 5.69 Å². The maximum atomic E-state index is 13.1. The zero-order chi connectivity index (χ0) is 20.3. The third kappa shape index (κ3) is 4.27. The Bertz CT molecular complexity index is 969. The monoisotopic (exact) mass is 402 g/mol. The Morgan fingerprint density at radius 1 is 1.18 bits per heavy atom. The predicted octanol–water partition coefficient (Wildman–Crippen LogP) is 2.82. The number of fused-ring (bicyclic) bond motifs is 1. The first-order valence-corrected chi connectivity index (χ1v) is 10.8. The van der Waals surface area contributed by atoms with Gasteiger partial charge in [-0.15, -0.1) is 0 Å². The Balaban J connectivity index is 1.83. The first kappa shape index (κ1) is 20.5. The summed E-state index contributed by atoms with van der Waals surface area (Å²) in [7, 11) is -2.10. The Kier molecular flexibility index (Phi) is 6.17. The molecule has 1 N–H and O–H groups in total. The second-order valence-electron chi connectivity index (χ2n) is 7.05. The Morgan fingerprint density at radius 3 is 2.57 bits per heavy atom. The lowest BCUT2D eigenvalue weighted by molar-refractivity contribution is 0.0985. The van der Waals surface area contributed by atoms with Gasteiger partial charge in [-0.25, -0.2) is 13.1 Å². The van der Waals surface area contributed by atoms with Crippen LogP contribution in [0.5, 0.6) is 0 Å². The average Bonchev–Trinajstić information content (AvgIpc) is 2.67. The summed E-state index contributed by atoms with van der Waals surface area (Å²) < 4.78 is 31.9. The van der Waals surface area contributed by atoms with Crippen LogP contribution in [-0.4, -0.2) is 41.1 Å². The van der Waals surface area contributed by atoms with E-state index in [-0.39, 0.29) is 17.3 Å². The number of carbonyl (C=O) groups excluding carboxylic acids is 1. The molecule has 1 heterocycles. The molecule has 0 saturated heterocycles. The van der Waals surface area contributed by atoms with E-state index in [0.29, 0.717) is 18.7 Å². The van der Waals surface area contributed by atoms with Gasteiger partial charge >= 0.3 is 0 Å². The topological polar surface area (TPSA) is 75.7 Å². The molecule has 2 aromatic rings. The molecule has 0 bridgehead atoms. The van der Waals surface area contributed by atoms with Crippen LogP contribution in [0.15, 0.2) is 41.3 Å². The van der Waals surface area contributed by atoms with E-state index in [1.54, 1.807) is 17.0 Å². The Hall–Kier alpha value is -2.22. The lowest BCUT2D eigenvalue weighted by Crippen LogP contribution is -2.36. The second-order valence-corrected chi connectivity index (χ2v) is 8.82. The van der Waals surface area contributed by atoms with Crippen molar-refractivity contribution in [2.24, 2.45) is 0 Å². The fourth-order valence-electron chi connectivity index (χ4n) is 3.58. The molecule has 0 unspecified atom stereocenters. The van der Waals surface area contributed by atoms with Crippen LogP contribution >= 0.6 is 0 Å². The minimum atomic E-state index is -3.61. The zero-order valence-corrected chi connectivity index (χ0v) is 17.3. The highest BCUT2D eigenvalue weighted by atomic mass is 32.2. The molecule has 0 aromatic heterocycles. The van der Waals surface area contributed by atoms with Crippen molar-refractivity contribution in [3.8, 4) is 0 Å². The van der Waals surface area contributed by atoms with Crippen molar-refractivity contribution in [3.05, 3.63) is 58.7 Å². The molecule has 2 aromatic carbocycles. The van der Waals surface area contributed by atoms with Crippen LogP contribution in [0.2, 0.25) is 0 Å². The van der Waals surface area contributed by atoms with Crippen LogP contribution in [0.3, 0.4) is 0 Å². The lowest BCUT2D eigenvalue weighted by atomic mass is 9.94. The van der Waals surface area contributed by atoms with E-state index in [1.807, 2.05) is 6.92 Å². The van der Waals surface area contributed by atoms with E-state index in [4.69, 9.17) is 4.74 Å². The summed E-state index contributed by atoms with van der Waals surface area (Å²) in [5.74, 6) is -0.109. The number of hydrogen-bond acceptors (Lipinski definition) is 4. The first-order chi connectivity index (χ1) is 13.3. The standard InChI is InChI=1S/C21H26N2O4S/c1-15-13-16(2)19-5-4-11-23(20(19)14-15)21(24)17-6-8-18(9-7-17)28(25,26)22-10-12-27-3/h6-9,13-14,22H,4-5,10-12H2,1-3H3. The smallest absolute Gasteiger partial charge is 0.258 e. The first-order valence-electron chi connectivity index (χ1n) is 9.34. The number of amides is 1. The average molecular weight is 403 g/mol. The number of anilines is 1. The van der Waals surface area contributed by atoms with Crippen molar-refractivity contribution in [1.82, 2.24) is 4.72 Å². The number of sulfonamides is 1. The van der Waals surface area contributed by atoms with Gasteiger partial charge in [0.15, 0.2) is 0 Å². The normalized spacial score (nSPS) is 14.0. The third-order valence-corrected chi connectivity index (χ3v) is 6.42. The van der Waals surface area contributed by atoms with Crippen LogP contribution in [0.25, 0.3) is 0 Å². The van der Waals surface area contributed by atoms with Gasteiger partial charge in [0, 0.05) is 31.5 Å². The minimum Gasteiger partial charge on any atom is -0.383 e. The number of aryl methyl sites for hydroxylation is 2. The Morgan fingerprint density at radius 2 is 1.89 bits per heavy atom. The molecule has 0 spiro atoms. The molecule has 1 aliphatic heterocycles. The number of carbonyl (C=O) groups is 1. The van der Waals surface area contributed by atoms with E-state index in [0.717, 1.165) is 24.1 Å². The second kappa shape index (κ2) is 8.43. The summed E-state index contributed by atoms with van der Waals surface area (Å²) in [5, 5.41) is 0. The summed E-state index contributed by atoms with van der Waals surface area (Å²) in [6.45, 7) is 5.26. The van der Waals surface area contributed by atoms with Crippen molar-refractivity contribution in [2.75, 3.05) is 31.7 Å². The molecule has 0 saturated carbocycles. The number of ether oxygens (including phenoxy) is 1. The van der Waals surface area contributed by atoms with Crippen molar-refractivity contribution >= 4 is 21.6 Å². The van der Waals surface area contributed by atoms with Crippen LogP contribution in [0.1, 0.15) is 33.5 Å². The SMILES string of the molecule is COCCNS(=O)(=O)c1ccc(C(=O)N2CCCc3c(C)cc(C)cc32)cc1. The van der Waals surface area contributed by atoms with Gasteiger partial charge in [0.2, 0.25) is 10.0 Å². The molecular weight excluding hydrogens is 376 g/mol. The van der Waals surface area contributed by atoms with Gasteiger partial charge in [-0.2, -0.15) is 0 Å². The molecule has 0 radical (unpaired) electrons. The number of hydrogen-bond donors (Lipinski definition) is 1. The largest absolute Gasteiger partial charge is 0.383 e. The van der Waals surface area contributed by atoms with Gasteiger partial charge in [0.25, 0.3) is 5.91 Å². The molecular formula is C21H26N2O4S. The minimum absolute atomic E-state index is 0.109. The summed E-state index contributed by atoms with van der Waals surface area (Å²) in [6.07, 6.45) is 1.88. The zero-order valence-electron chi connectivity index (χ0n) is 16.5. The van der Waals surface area contributed by atoms with E-state index >= 15 is 0 Å². The van der Waals surface area contributed by atoms with Crippen molar-refractivity contribution < 1.29 is 17.9 Å². The van der Waals surface area contributed by atoms with Crippen molar-refractivity contribution in [1.29, 1.82) is 0 Å². The van der Waals surface area contributed by atoms with Crippen LogP contribution in [-0.2, 0) is 21.2 Å². The van der Waals surface area contributed by atoms with Crippen LogP contribution in [0, 0.1) is 13.8 Å². The van der Waals surface area contributed by atoms with Gasteiger partial charge in [0.05, 0.1) is 11.5 Å². The maximum absolute atomic E-state index is 13.1. The van der Waals surface area contributed by atoms with Gasteiger partial charge in [-0.05, 0) is 73.7 Å². The third-order valence-electron chi connectivity index (χ3n) is 4.95. The summed E-state index contributed by atoms with van der Waals surface area (Å²) in [4.78, 5) is 15.0. The lowest BCUT2D eigenvalue weighted by Gasteiger charge is -2.31. The predicted molar refractivity (Wildman–Crippen MR) is 109 cm³/mol. The van der Waals surface area contributed by atoms with Gasteiger partial charge in [0.1, 0.15) is 0 Å². The number of methoxy groups -OCH3 is 1. The molecule has 1 aliphatic rings. The fourth-order valence-corrected chi connectivity index (χ4v) is 4.59. The fraction of sp³-hybridized carbons (Fsp3) is 0.381. The quantitative estimate of drug-likeness (QED) is 0.754. The van der Waals surface area contributed by atoms with E-state index in [9.17, 15) is 13.2 Å². The molecule has 7 heteroatoms. The highest BCUT2D eigenvalue weighted by molar-refractivity contribution is 7.89. The highest BCUT2D eigenvalue weighted by Gasteiger charge is 2.25. The summed E-state index contributed by atoms with van der Waals surface area (Å²) in [5.41, 5.74) is 4.98. The van der Waals surface area contributed by atoms with Gasteiger partial charge in [-0.1, -0.05) is 6.07 Å². The van der Waals surface area contributed by atoms with Crippen LogP contribution < -0.4 is 9.62 Å². The molecule has 0 fully saturated rings. The van der Waals surface area contributed by atoms with E-state index < -0.39 is 10.0 Å². The molecule has 0 atom stereocenters.